The van der Waals surface area contributed by atoms with Crippen LogP contribution in [0.2, 0.25) is 0 Å². The van der Waals surface area contributed by atoms with Gasteiger partial charge in [-0.05, 0) is 25.0 Å². The van der Waals surface area contributed by atoms with Gasteiger partial charge in [-0.15, -0.1) is 15.3 Å². The van der Waals surface area contributed by atoms with Crippen molar-refractivity contribution in [3.63, 3.8) is 0 Å². The molecule has 8 heteroatoms. The molecule has 140 valence electrons. The molecule has 2 aromatic heterocycles. The van der Waals surface area contributed by atoms with Gasteiger partial charge in [0.1, 0.15) is 12.4 Å². The summed E-state index contributed by atoms with van der Waals surface area (Å²) >= 11 is 0. The van der Waals surface area contributed by atoms with Crippen molar-refractivity contribution < 1.29 is 9.53 Å². The van der Waals surface area contributed by atoms with E-state index in [1.54, 1.807) is 4.52 Å². The van der Waals surface area contributed by atoms with E-state index in [4.69, 9.17) is 9.84 Å². The molecule has 3 aromatic rings. The summed E-state index contributed by atoms with van der Waals surface area (Å²) < 4.78 is 6.67. The maximum atomic E-state index is 11.8. The summed E-state index contributed by atoms with van der Waals surface area (Å²) in [4.78, 5) is 14.0. The van der Waals surface area contributed by atoms with Crippen LogP contribution in [-0.2, 0) is 9.53 Å². The molecule has 0 aliphatic carbocycles. The maximum absolute atomic E-state index is 11.8. The van der Waals surface area contributed by atoms with Crippen LogP contribution in [0.1, 0.15) is 12.8 Å². The molecule has 0 radical (unpaired) electrons. The van der Waals surface area contributed by atoms with Crippen LogP contribution in [0.15, 0.2) is 42.5 Å². The zero-order valence-electron chi connectivity index (χ0n) is 15.2. The third-order valence-electron chi connectivity index (χ3n) is 4.67. The van der Waals surface area contributed by atoms with Crippen molar-refractivity contribution >= 4 is 17.4 Å². The van der Waals surface area contributed by atoms with Crippen LogP contribution >= 0.6 is 0 Å². The van der Waals surface area contributed by atoms with Crippen molar-refractivity contribution in [3.05, 3.63) is 42.5 Å². The summed E-state index contributed by atoms with van der Waals surface area (Å²) in [5, 5.41) is 16.3. The number of aromatic nitrogens is 4. The number of methoxy groups -OCH3 is 1. The average molecular weight is 366 g/mol. The van der Waals surface area contributed by atoms with Gasteiger partial charge in [-0.1, -0.05) is 30.3 Å². The van der Waals surface area contributed by atoms with Gasteiger partial charge in [-0.25, -0.2) is 0 Å². The summed E-state index contributed by atoms with van der Waals surface area (Å²) in [7, 11) is 1.52. The Morgan fingerprint density at radius 2 is 2.07 bits per heavy atom. The lowest BCUT2D eigenvalue weighted by Crippen LogP contribution is -2.48. The number of fused-ring (bicyclic) bond motifs is 1. The zero-order valence-corrected chi connectivity index (χ0v) is 15.2. The Kier molecular flexibility index (Phi) is 4.97. The quantitative estimate of drug-likeness (QED) is 0.737. The van der Waals surface area contributed by atoms with Crippen LogP contribution in [0.5, 0.6) is 0 Å². The van der Waals surface area contributed by atoms with Gasteiger partial charge in [0.25, 0.3) is 0 Å². The molecule has 8 nitrogen and oxygen atoms in total. The number of benzene rings is 1. The van der Waals surface area contributed by atoms with E-state index in [1.165, 1.54) is 7.11 Å². The van der Waals surface area contributed by atoms with Crippen molar-refractivity contribution in [3.8, 4) is 11.4 Å². The normalized spacial score (nSPS) is 17.2. The number of nitrogens with one attached hydrogen (secondary N) is 1. The Morgan fingerprint density at radius 1 is 1.22 bits per heavy atom. The van der Waals surface area contributed by atoms with E-state index in [2.05, 4.69) is 20.4 Å². The summed E-state index contributed by atoms with van der Waals surface area (Å²) in [5.41, 5.74) is 1.68. The molecule has 0 saturated carbocycles. The summed E-state index contributed by atoms with van der Waals surface area (Å²) in [6.45, 7) is 1.70. The minimum atomic E-state index is -0.0852. The van der Waals surface area contributed by atoms with E-state index < -0.39 is 0 Å². The van der Waals surface area contributed by atoms with Gasteiger partial charge < -0.3 is 15.0 Å². The number of piperidine rings is 1. The highest BCUT2D eigenvalue weighted by Crippen LogP contribution is 2.21. The van der Waals surface area contributed by atoms with Crippen molar-refractivity contribution in [2.45, 2.75) is 18.9 Å². The molecule has 4 rings (SSSR count). The SMILES string of the molecule is COCC(=O)NC1CCCN(c2ccc3nnc(-c4ccccc4)n3n2)C1. The summed E-state index contributed by atoms with van der Waals surface area (Å²) in [5.74, 6) is 1.48. The molecular formula is C19H22N6O2. The minimum Gasteiger partial charge on any atom is -0.375 e. The van der Waals surface area contributed by atoms with E-state index in [0.717, 1.165) is 43.1 Å². The summed E-state index contributed by atoms with van der Waals surface area (Å²) in [6, 6.07) is 13.9. The second-order valence-corrected chi connectivity index (χ2v) is 6.64. The maximum Gasteiger partial charge on any atom is 0.246 e. The van der Waals surface area contributed by atoms with Gasteiger partial charge in [-0.2, -0.15) is 4.52 Å². The van der Waals surface area contributed by atoms with Crippen LogP contribution < -0.4 is 10.2 Å². The molecular weight excluding hydrogens is 344 g/mol. The third-order valence-corrected chi connectivity index (χ3v) is 4.67. The second-order valence-electron chi connectivity index (χ2n) is 6.64. The topological polar surface area (TPSA) is 84.6 Å². The number of ether oxygens (including phenoxy) is 1. The van der Waals surface area contributed by atoms with Gasteiger partial charge in [0, 0.05) is 31.8 Å². The Labute approximate surface area is 157 Å². The molecule has 3 heterocycles. The number of hydrogen-bond donors (Lipinski definition) is 1. The van der Waals surface area contributed by atoms with Crippen molar-refractivity contribution in [1.29, 1.82) is 0 Å². The van der Waals surface area contributed by atoms with Gasteiger partial charge in [-0.3, -0.25) is 4.79 Å². The third kappa shape index (κ3) is 3.75. The molecule has 1 aliphatic rings. The van der Waals surface area contributed by atoms with E-state index in [0.29, 0.717) is 5.65 Å². The molecule has 1 saturated heterocycles. The second kappa shape index (κ2) is 7.71. The predicted molar refractivity (Wildman–Crippen MR) is 101 cm³/mol. The van der Waals surface area contributed by atoms with Gasteiger partial charge >= 0.3 is 0 Å². The number of carbonyl (C=O) groups is 1. The fraction of sp³-hybridized carbons (Fsp3) is 0.368. The van der Waals surface area contributed by atoms with Crippen molar-refractivity contribution in [1.82, 2.24) is 25.1 Å². The Balaban J connectivity index is 1.57. The highest BCUT2D eigenvalue weighted by molar-refractivity contribution is 5.77. The fourth-order valence-electron chi connectivity index (χ4n) is 3.42. The Bertz CT molecular complexity index is 926. The molecule has 27 heavy (non-hydrogen) atoms. The molecule has 1 N–H and O–H groups in total. The largest absolute Gasteiger partial charge is 0.375 e. The molecule has 1 aliphatic heterocycles. The number of rotatable bonds is 5. The first-order valence-electron chi connectivity index (χ1n) is 9.06. The standard InChI is InChI=1S/C19H22N6O2/c1-27-13-18(26)20-15-8-5-11-24(12-15)17-10-9-16-21-22-19(25(16)23-17)14-6-3-2-4-7-14/h2-4,6-7,9-10,15H,5,8,11-13H2,1H3,(H,20,26). The molecule has 1 aromatic carbocycles. The van der Waals surface area contributed by atoms with E-state index in [1.807, 2.05) is 42.5 Å². The number of nitrogens with zero attached hydrogens (tertiary/aromatic N) is 5. The van der Waals surface area contributed by atoms with Gasteiger partial charge in [0.15, 0.2) is 11.5 Å². The lowest BCUT2D eigenvalue weighted by atomic mass is 10.1. The van der Waals surface area contributed by atoms with Gasteiger partial charge in [0.05, 0.1) is 0 Å². The van der Waals surface area contributed by atoms with Gasteiger partial charge in [0.2, 0.25) is 5.91 Å². The van der Waals surface area contributed by atoms with Crippen LogP contribution in [-0.4, -0.2) is 58.6 Å². The first-order chi connectivity index (χ1) is 13.2. The fourth-order valence-corrected chi connectivity index (χ4v) is 3.42. The van der Waals surface area contributed by atoms with Crippen LogP contribution in [0.3, 0.4) is 0 Å². The van der Waals surface area contributed by atoms with Crippen LogP contribution in [0.4, 0.5) is 5.82 Å². The first-order valence-corrected chi connectivity index (χ1v) is 9.06. The number of anilines is 1. The smallest absolute Gasteiger partial charge is 0.246 e. The first kappa shape index (κ1) is 17.4. The molecule has 0 bridgehead atoms. The van der Waals surface area contributed by atoms with E-state index in [-0.39, 0.29) is 18.6 Å². The Morgan fingerprint density at radius 3 is 2.89 bits per heavy atom. The van der Waals surface area contributed by atoms with Crippen molar-refractivity contribution in [2.75, 3.05) is 31.7 Å². The molecule has 1 fully saturated rings. The average Bonchev–Trinajstić information content (AvgIpc) is 3.12. The lowest BCUT2D eigenvalue weighted by molar-refractivity contribution is -0.125. The molecule has 0 spiro atoms. The number of hydrogen-bond acceptors (Lipinski definition) is 6. The Hall–Kier alpha value is -3.00. The van der Waals surface area contributed by atoms with E-state index in [9.17, 15) is 4.79 Å². The van der Waals surface area contributed by atoms with E-state index >= 15 is 0 Å². The number of amides is 1. The number of carbonyl (C=O) groups excluding carboxylic acids is 1. The van der Waals surface area contributed by atoms with Crippen LogP contribution in [0, 0.1) is 0 Å². The van der Waals surface area contributed by atoms with Crippen molar-refractivity contribution in [2.24, 2.45) is 0 Å². The predicted octanol–water partition coefficient (Wildman–Crippen LogP) is 1.52. The van der Waals surface area contributed by atoms with Crippen LogP contribution in [0.25, 0.3) is 17.0 Å². The zero-order chi connectivity index (χ0) is 18.6. The monoisotopic (exact) mass is 366 g/mol. The summed E-state index contributed by atoms with van der Waals surface area (Å²) in [6.07, 6.45) is 1.95. The molecule has 1 amide bonds. The lowest BCUT2D eigenvalue weighted by Gasteiger charge is -2.33. The highest BCUT2D eigenvalue weighted by Gasteiger charge is 2.23. The minimum absolute atomic E-state index is 0.0852. The molecule has 1 atom stereocenters. The highest BCUT2D eigenvalue weighted by atomic mass is 16.5. The molecule has 1 unspecified atom stereocenters.